The number of fused-ring (bicyclic) bond motifs is 1. The van der Waals surface area contributed by atoms with Gasteiger partial charge in [-0.25, -0.2) is 14.2 Å². The third-order valence-electron chi connectivity index (χ3n) is 6.78. The number of halogens is 1. The number of aromatic nitrogens is 2. The molecule has 2 aromatic carbocycles. The van der Waals surface area contributed by atoms with E-state index >= 15 is 0 Å². The van der Waals surface area contributed by atoms with E-state index < -0.39 is 21.8 Å². The topological polar surface area (TPSA) is 110 Å². The van der Waals surface area contributed by atoms with E-state index in [4.69, 9.17) is 11.3 Å². The molecule has 0 bridgehead atoms. The summed E-state index contributed by atoms with van der Waals surface area (Å²) in [5.74, 6) is -0.498. The van der Waals surface area contributed by atoms with Gasteiger partial charge >= 0.3 is 0 Å². The minimum Gasteiger partial charge on any atom is -0.465 e. The van der Waals surface area contributed by atoms with Crippen LogP contribution >= 0.6 is 0 Å². The Labute approximate surface area is 221 Å². The largest absolute Gasteiger partial charge is 0.465 e. The molecule has 202 valence electrons. The molecule has 4 rings (SSSR count). The predicted octanol–water partition coefficient (Wildman–Crippen LogP) is 4.27. The lowest BCUT2D eigenvalue weighted by atomic mass is 9.93. The average molecular weight is 543 g/mol. The van der Waals surface area contributed by atoms with Crippen molar-refractivity contribution in [3.63, 3.8) is 0 Å². The fourth-order valence-corrected chi connectivity index (χ4v) is 5.36. The summed E-state index contributed by atoms with van der Waals surface area (Å²) in [4.78, 5) is 20.9. The van der Waals surface area contributed by atoms with Gasteiger partial charge in [0.15, 0.2) is 11.6 Å². The van der Waals surface area contributed by atoms with Crippen LogP contribution in [0.5, 0.6) is 11.5 Å². The fourth-order valence-electron chi connectivity index (χ4n) is 4.42. The quantitative estimate of drug-likeness (QED) is 0.371. The van der Waals surface area contributed by atoms with Crippen LogP contribution in [0.15, 0.2) is 41.5 Å². The van der Waals surface area contributed by atoms with Crippen molar-refractivity contribution in [3.05, 3.63) is 64.2 Å². The zero-order chi connectivity index (χ0) is 27.3. The van der Waals surface area contributed by atoms with Crippen molar-refractivity contribution in [2.75, 3.05) is 31.4 Å². The highest BCUT2D eigenvalue weighted by Crippen LogP contribution is 2.41. The number of piperidine rings is 1. The van der Waals surface area contributed by atoms with Gasteiger partial charge in [0.2, 0.25) is 0 Å². The first kappa shape index (κ1) is 27.5. The van der Waals surface area contributed by atoms with E-state index in [0.29, 0.717) is 23.4 Å². The maximum absolute atomic E-state index is 14.8. The summed E-state index contributed by atoms with van der Waals surface area (Å²) in [6.45, 7) is 12.0. The summed E-state index contributed by atoms with van der Waals surface area (Å²) >= 11 is 0. The summed E-state index contributed by atoms with van der Waals surface area (Å²) in [6.07, 6.45) is 5.73. The van der Waals surface area contributed by atoms with Crippen LogP contribution in [0.3, 0.4) is 0 Å². The Kier molecular flexibility index (Phi) is 8.61. The molecule has 10 nitrogen and oxygen atoms in total. The van der Waals surface area contributed by atoms with Crippen LogP contribution in [0.4, 0.5) is 15.8 Å². The van der Waals surface area contributed by atoms with E-state index in [1.165, 1.54) is 31.6 Å². The van der Waals surface area contributed by atoms with E-state index in [1.807, 2.05) is 0 Å². The average Bonchev–Trinajstić information content (AvgIpc) is 2.92. The van der Waals surface area contributed by atoms with Crippen molar-refractivity contribution >= 4 is 32.5 Å². The zero-order valence-corrected chi connectivity index (χ0v) is 22.2. The van der Waals surface area contributed by atoms with Crippen LogP contribution in [-0.2, 0) is 16.8 Å². The zero-order valence-electron chi connectivity index (χ0n) is 21.4. The molecule has 3 aromatic rings. The van der Waals surface area contributed by atoms with Gasteiger partial charge in [-0.3, -0.25) is 14.1 Å². The lowest BCUT2D eigenvalue weighted by Gasteiger charge is -2.22. The highest BCUT2D eigenvalue weighted by atomic mass is 32.2. The number of rotatable bonds is 10. The smallest absolute Gasteiger partial charge is 0.300 e. The van der Waals surface area contributed by atoms with Crippen molar-refractivity contribution in [2.24, 2.45) is 5.92 Å². The predicted molar refractivity (Wildman–Crippen MR) is 144 cm³/mol. The second-order valence-corrected chi connectivity index (χ2v) is 11.0. The maximum atomic E-state index is 14.8. The first-order valence-electron chi connectivity index (χ1n) is 12.5. The van der Waals surface area contributed by atoms with Crippen LogP contribution < -0.4 is 20.3 Å². The second-order valence-electron chi connectivity index (χ2n) is 9.27. The highest BCUT2D eigenvalue weighted by molar-refractivity contribution is 7.90. The number of nitrogens with zero attached hydrogens (tertiary/aromatic N) is 4. The van der Waals surface area contributed by atoms with Crippen molar-refractivity contribution in [1.29, 1.82) is 0 Å². The summed E-state index contributed by atoms with van der Waals surface area (Å²) in [6, 6.07) is 6.76. The van der Waals surface area contributed by atoms with Crippen LogP contribution in [0.1, 0.15) is 32.6 Å². The highest BCUT2D eigenvalue weighted by Gasteiger charge is 2.22. The molecule has 38 heavy (non-hydrogen) atoms. The van der Waals surface area contributed by atoms with Gasteiger partial charge in [0, 0.05) is 20.1 Å². The summed E-state index contributed by atoms with van der Waals surface area (Å²) < 4.78 is 50.3. The summed E-state index contributed by atoms with van der Waals surface area (Å²) in [7, 11) is -2.57. The Morgan fingerprint density at radius 3 is 2.76 bits per heavy atom. The third kappa shape index (κ3) is 6.12. The first-order valence-corrected chi connectivity index (χ1v) is 14.0. The number of ether oxygens (including phenoxy) is 1. The minimum atomic E-state index is -3.95. The number of anilines is 1. The minimum absolute atomic E-state index is 0.116. The Morgan fingerprint density at radius 1 is 1.29 bits per heavy atom. The van der Waals surface area contributed by atoms with Crippen molar-refractivity contribution < 1.29 is 17.5 Å². The van der Waals surface area contributed by atoms with E-state index in [2.05, 4.69) is 19.9 Å². The van der Waals surface area contributed by atoms with Gasteiger partial charge in [0.25, 0.3) is 21.5 Å². The molecule has 0 saturated carbocycles. The third-order valence-corrected chi connectivity index (χ3v) is 8.33. The SMILES string of the molecule is [C-]#[N+]c1c(NS(=O)(=O)N(C)CC)ccc(F)c1Oc1ccc2ncn(CCCC3CCNCC3)c(=O)c2c1. The van der Waals surface area contributed by atoms with Crippen molar-refractivity contribution in [3.8, 4) is 11.5 Å². The van der Waals surface area contributed by atoms with Gasteiger partial charge in [-0.05, 0) is 75.0 Å². The molecule has 0 amide bonds. The lowest BCUT2D eigenvalue weighted by molar-refractivity contribution is 0.339. The summed E-state index contributed by atoms with van der Waals surface area (Å²) in [5.41, 5.74) is -0.220. The second kappa shape index (κ2) is 11.9. The molecule has 1 saturated heterocycles. The van der Waals surface area contributed by atoms with Crippen LogP contribution in [-0.4, -0.2) is 49.0 Å². The number of hydrogen-bond acceptors (Lipinski definition) is 6. The number of hydrogen-bond donors (Lipinski definition) is 2. The molecule has 1 aliphatic rings. The van der Waals surface area contributed by atoms with Gasteiger partial charge in [0.1, 0.15) is 5.75 Å². The van der Waals surface area contributed by atoms with Crippen LogP contribution in [0.2, 0.25) is 0 Å². The van der Waals surface area contributed by atoms with E-state index in [9.17, 15) is 17.6 Å². The molecule has 1 aliphatic heterocycles. The Bertz CT molecular complexity index is 1510. The van der Waals surface area contributed by atoms with Gasteiger partial charge in [0.05, 0.1) is 29.5 Å². The molecule has 0 atom stereocenters. The van der Waals surface area contributed by atoms with Gasteiger partial charge in [-0.15, -0.1) is 0 Å². The molecule has 0 spiro atoms. The molecule has 0 aliphatic carbocycles. The Morgan fingerprint density at radius 2 is 2.05 bits per heavy atom. The monoisotopic (exact) mass is 542 g/mol. The van der Waals surface area contributed by atoms with E-state index in [-0.39, 0.29) is 29.2 Å². The molecule has 2 N–H and O–H groups in total. The Balaban J connectivity index is 1.59. The molecule has 1 fully saturated rings. The molecule has 1 aromatic heterocycles. The van der Waals surface area contributed by atoms with E-state index in [1.54, 1.807) is 17.6 Å². The maximum Gasteiger partial charge on any atom is 0.300 e. The number of nitrogens with one attached hydrogen (secondary N) is 2. The first-order chi connectivity index (χ1) is 18.2. The molecular weight excluding hydrogens is 511 g/mol. The van der Waals surface area contributed by atoms with Gasteiger partial charge < -0.3 is 10.1 Å². The standard InChI is InChI=1S/C26H31FN6O4S/c1-4-32(3)38(35,36)31-23-10-8-21(27)25(24(23)28-2)37-19-7-9-22-20(16-19)26(34)33(17-30-22)15-5-6-18-11-13-29-14-12-18/h7-10,16-18,29,31H,4-6,11-15H2,1,3H3. The summed E-state index contributed by atoms with van der Waals surface area (Å²) in [5, 5.41) is 3.66. The van der Waals surface area contributed by atoms with Crippen LogP contribution in [0, 0.1) is 18.3 Å². The molecule has 0 radical (unpaired) electrons. The van der Waals surface area contributed by atoms with Gasteiger partial charge in [-0.1, -0.05) is 6.92 Å². The normalized spacial score (nSPS) is 14.5. The van der Waals surface area contributed by atoms with Gasteiger partial charge in [-0.2, -0.15) is 12.7 Å². The molecule has 0 unspecified atom stereocenters. The van der Waals surface area contributed by atoms with E-state index in [0.717, 1.165) is 49.1 Å². The number of aryl methyl sites for hydroxylation is 1. The molecule has 2 heterocycles. The fraction of sp³-hybridized carbons (Fsp3) is 0.423. The number of benzene rings is 2. The Hall–Kier alpha value is -3.53. The molecule has 12 heteroatoms. The lowest BCUT2D eigenvalue weighted by Crippen LogP contribution is -2.32. The van der Waals surface area contributed by atoms with Crippen molar-refractivity contribution in [2.45, 2.75) is 39.2 Å². The molecular formula is C26H31FN6O4S. The van der Waals surface area contributed by atoms with Crippen LogP contribution in [0.25, 0.3) is 15.7 Å². The van der Waals surface area contributed by atoms with Crippen molar-refractivity contribution in [1.82, 2.24) is 19.2 Å².